The number of H-pyrrole nitrogens is 1. The summed E-state index contributed by atoms with van der Waals surface area (Å²) >= 11 is 0. The Hall–Kier alpha value is -6.77. The molecule has 0 saturated carbocycles. The monoisotopic (exact) mass is 1060 g/mol. The van der Waals surface area contributed by atoms with Crippen LogP contribution in [0.15, 0.2) is 84.8 Å². The summed E-state index contributed by atoms with van der Waals surface area (Å²) < 4.78 is 48.0. The molecule has 3 aliphatic heterocycles. The predicted molar refractivity (Wildman–Crippen MR) is 285 cm³/mol. The molecular weight excluding hydrogens is 990 g/mol. The third-order valence-electron chi connectivity index (χ3n) is 12.0. The number of methoxy groups -OCH3 is 1. The van der Waals surface area contributed by atoms with E-state index >= 15 is 0 Å². The van der Waals surface area contributed by atoms with Gasteiger partial charge in [0.2, 0.25) is 13.9 Å². The third-order valence-corrected chi connectivity index (χ3v) is 14.2. The van der Waals surface area contributed by atoms with Crippen LogP contribution in [-0.4, -0.2) is 115 Å². The number of aromatic nitrogens is 2. The van der Waals surface area contributed by atoms with E-state index in [1.807, 2.05) is 33.8 Å². The third kappa shape index (κ3) is 15.0. The first-order valence-electron chi connectivity index (χ1n) is 25.2. The number of carbonyl (C=O) groups is 1. The van der Waals surface area contributed by atoms with Crippen molar-refractivity contribution in [1.29, 1.82) is 1.43 Å². The second-order valence-electron chi connectivity index (χ2n) is 17.6. The molecule has 1 aromatic heterocycles. The number of aliphatic hydroxyl groups is 2. The van der Waals surface area contributed by atoms with Gasteiger partial charge in [-0.15, -0.1) is 10.2 Å². The van der Waals surface area contributed by atoms with E-state index in [1.165, 1.54) is 61.4 Å². The van der Waals surface area contributed by atoms with E-state index < -0.39 is 55.6 Å². The average molecular weight is 1060 g/mol. The number of aliphatic hydroxyl groups excluding tert-OH is 2. The molecule has 0 spiro atoms. The summed E-state index contributed by atoms with van der Waals surface area (Å²) in [6.07, 6.45) is 5.23. The number of nitrogens with zero attached hydrogens (tertiary/aromatic N) is 9. The maximum Gasteiger partial charge on any atom is 0.330 e. The quantitative estimate of drug-likeness (QED) is 0.0109. The Morgan fingerprint density at radius 3 is 2.48 bits per heavy atom. The van der Waals surface area contributed by atoms with Gasteiger partial charge in [-0.25, -0.2) is 16.0 Å². The van der Waals surface area contributed by atoms with Crippen LogP contribution in [0.4, 0.5) is 34.1 Å². The molecule has 23 nitrogen and oxygen atoms in total. The van der Waals surface area contributed by atoms with Crippen molar-refractivity contribution in [3.8, 4) is 11.5 Å². The Balaban J connectivity index is 0.00000267. The molecule has 0 radical (unpaired) electrons. The fraction of sp³-hybridized carbons (Fsp3) is 0.490. The van der Waals surface area contributed by atoms with Crippen molar-refractivity contribution in [2.24, 2.45) is 20.5 Å². The second kappa shape index (κ2) is 28.2. The number of rotatable bonds is 22. The number of benzene rings is 3. The zero-order valence-corrected chi connectivity index (χ0v) is 43.2. The van der Waals surface area contributed by atoms with Gasteiger partial charge in [-0.3, -0.25) is 29.3 Å². The highest BCUT2D eigenvalue weighted by atomic mass is 31.2. The number of hydrogen-bond donors (Lipinski definition) is 4. The lowest BCUT2D eigenvalue weighted by molar-refractivity contribution is -0.384. The molecule has 1 fully saturated rings. The van der Waals surface area contributed by atoms with E-state index in [2.05, 4.69) is 50.3 Å². The van der Waals surface area contributed by atoms with Crippen molar-refractivity contribution in [3.63, 3.8) is 0 Å². The molecule has 0 bridgehead atoms. The van der Waals surface area contributed by atoms with Gasteiger partial charge in [-0.05, 0) is 96.2 Å². The number of nitro groups is 1. The molecule has 1 amide bonds. The first-order valence-corrected chi connectivity index (χ1v) is 25.2. The number of carbonyl (C=O) groups excluding carboxylic acids is 1. The summed E-state index contributed by atoms with van der Waals surface area (Å²) in [7, 11) is 1.11. The Morgan fingerprint density at radius 1 is 1.11 bits per heavy atom. The predicted octanol–water partition coefficient (Wildman–Crippen LogP) is 8.90. The molecule has 24 heteroatoms. The van der Waals surface area contributed by atoms with Crippen molar-refractivity contribution in [2.75, 3.05) is 58.5 Å². The Morgan fingerprint density at radius 2 is 1.81 bits per heavy atom. The van der Waals surface area contributed by atoms with Gasteiger partial charge in [0.25, 0.3) is 19.8 Å². The van der Waals surface area contributed by atoms with E-state index in [4.69, 9.17) is 32.6 Å². The van der Waals surface area contributed by atoms with E-state index in [9.17, 15) is 29.6 Å². The van der Waals surface area contributed by atoms with Crippen LogP contribution in [0.1, 0.15) is 91.1 Å². The van der Waals surface area contributed by atoms with E-state index in [1.54, 1.807) is 12.1 Å². The first-order chi connectivity index (χ1) is 36.6. The molecule has 2 unspecified atom stereocenters. The van der Waals surface area contributed by atoms with Crippen molar-refractivity contribution < 1.29 is 44.6 Å². The fourth-order valence-electron chi connectivity index (χ4n) is 8.75. The second-order valence-corrected chi connectivity index (χ2v) is 19.0. The number of aryl methyl sites for hydroxylation is 1. The van der Waals surface area contributed by atoms with Gasteiger partial charge >= 0.3 is 5.69 Å². The minimum Gasteiger partial charge on any atom is -0.494 e. The number of amides is 1. The minimum atomic E-state index is -1.65. The molecule has 4 aromatic rings. The topological polar surface area (TPSA) is 274 Å². The molecule has 75 heavy (non-hydrogen) atoms. The van der Waals surface area contributed by atoms with Crippen LogP contribution < -0.4 is 30.9 Å². The number of non-ortho nitro benzene ring substituents is 1. The molecule has 4 atom stereocenters. The number of aromatic amines is 1. The van der Waals surface area contributed by atoms with Gasteiger partial charge < -0.3 is 48.5 Å². The van der Waals surface area contributed by atoms with Gasteiger partial charge in [0.15, 0.2) is 5.75 Å². The summed E-state index contributed by atoms with van der Waals surface area (Å²) in [6, 6.07) is 10.8. The summed E-state index contributed by atoms with van der Waals surface area (Å²) in [6.45, 7) is 17.0. The summed E-state index contributed by atoms with van der Waals surface area (Å²) in [5.74, 6) is 0.308. The molecule has 404 valence electrons. The van der Waals surface area contributed by atoms with Gasteiger partial charge in [-0.1, -0.05) is 7.43 Å². The summed E-state index contributed by atoms with van der Waals surface area (Å²) in [4.78, 5) is 57.9. The molecule has 4 N–H and O–H groups in total. The molecule has 1 saturated heterocycles. The smallest absolute Gasteiger partial charge is 0.330 e. The van der Waals surface area contributed by atoms with Crippen LogP contribution in [0.2, 0.25) is 0 Å². The standard InChI is InChI=1S/C49H60N11O11P.CH4O.CH4/c1-30(2)59(31(3)4)72(69-23-18-50-6)71-42-27-45(70-32(42)5)58-28-34(48(63)52-49(58)64)12-17-44(62)51-19-22-68-47-38-11-9-21-57-20-8-10-33(46(38)57)24-41(47)56-55-40-25-35(29-61)39(26-43(40)67-7)54-53-36-13-15-37(16-14-36)60(65)66;1-2;/h12-17,24-26,28,30-32,42,45,61H,8-11,18-23,27,29H2,1-5,7H3,(H,51,62)(H,52,63,64);2H,1H3;1H4/b17-12+,54-53?,56-55?;;/t32-,42?,45-,72?;;/m1../s1/i5D;2T;. The maximum atomic E-state index is 13.2. The highest BCUT2D eigenvalue weighted by molar-refractivity contribution is 7.44. The van der Waals surface area contributed by atoms with Gasteiger partial charge in [-0.2, -0.15) is 10.2 Å². The zero-order chi connectivity index (χ0) is 54.9. The summed E-state index contributed by atoms with van der Waals surface area (Å²) in [5.41, 5.74) is 3.61. The first kappa shape index (κ1) is 56.0. The molecule has 3 aliphatic rings. The van der Waals surface area contributed by atoms with Gasteiger partial charge in [0.1, 0.15) is 36.6 Å². The molecule has 7 rings (SSSR count). The lowest BCUT2D eigenvalue weighted by Gasteiger charge is -2.37. The minimum absolute atomic E-state index is 0. The van der Waals surface area contributed by atoms with Crippen LogP contribution in [0, 0.1) is 16.7 Å². The molecule has 4 heterocycles. The highest BCUT2D eigenvalue weighted by Gasteiger charge is 2.40. The van der Waals surface area contributed by atoms with Crippen LogP contribution in [-0.2, 0) is 38.0 Å². The Bertz CT molecular complexity index is 2890. The maximum absolute atomic E-state index is 13.2. The zero-order valence-electron chi connectivity index (χ0n) is 44.3. The SMILES string of the molecule is C.[2H]C[C@H]1O[C@@H](n2cc(/C=C/C(=O)NCCOc3c(N=Nc4cc(CO)c(N=Nc5ccc([N+](=O)[O-])cc5)cc4OC)cc4c5c3CCCN5CCC4)c(=O)[nH]c2=O)CC1OP(OCC[N+]#[C-])N(C(C)C)C(C)C.[3H]OC. The van der Waals surface area contributed by atoms with Crippen molar-refractivity contribution in [1.82, 2.24) is 19.5 Å². The van der Waals surface area contributed by atoms with Crippen molar-refractivity contribution in [3.05, 3.63) is 119 Å². The van der Waals surface area contributed by atoms with E-state index in [-0.39, 0.29) is 70.4 Å². The van der Waals surface area contributed by atoms with Crippen molar-refractivity contribution in [2.45, 2.75) is 111 Å². The Labute approximate surface area is 440 Å². The van der Waals surface area contributed by atoms with Crippen LogP contribution >= 0.6 is 8.53 Å². The molecule has 3 aromatic carbocycles. The average Bonchev–Trinajstić information content (AvgIpc) is 3.81. The number of hydrogen-bond acceptors (Lipinski definition) is 18. The van der Waals surface area contributed by atoms with E-state index in [0.717, 1.165) is 55.6 Å². The lowest BCUT2D eigenvalue weighted by Crippen LogP contribution is -2.35. The molecule has 0 aliphatic carbocycles. The fourth-order valence-corrected chi connectivity index (χ4v) is 10.5. The van der Waals surface area contributed by atoms with Crippen molar-refractivity contribution >= 4 is 54.6 Å². The van der Waals surface area contributed by atoms with Gasteiger partial charge in [0.05, 0.1) is 54.3 Å². The molecular formula is C51H68N11O12P. The van der Waals surface area contributed by atoms with Crippen LogP contribution in [0.3, 0.4) is 0 Å². The number of anilines is 1. The summed E-state index contributed by atoms with van der Waals surface area (Å²) in [5, 5.41) is 45.3. The number of nitro benzene ring substituents is 1. The highest BCUT2D eigenvalue weighted by Crippen LogP contribution is 2.50. The largest absolute Gasteiger partial charge is 0.494 e. The van der Waals surface area contributed by atoms with Crippen LogP contribution in [0.25, 0.3) is 10.9 Å². The lowest BCUT2D eigenvalue weighted by atomic mass is 9.90. The van der Waals surface area contributed by atoms with Crippen LogP contribution in [0.5, 0.6) is 11.5 Å². The number of azo groups is 2. The normalized spacial score (nSPS) is 17.8. The van der Waals surface area contributed by atoms with E-state index in [0.29, 0.717) is 39.8 Å². The Kier molecular flexibility index (Phi) is 21.1. The number of ether oxygens (including phenoxy) is 3. The number of nitrogens with one attached hydrogen (secondary N) is 2. The van der Waals surface area contributed by atoms with Gasteiger partial charge in [0, 0.05) is 87.4 Å².